The fourth-order valence-electron chi connectivity index (χ4n) is 2.29. The van der Waals surface area contributed by atoms with Gasteiger partial charge in [0.15, 0.2) is 0 Å². The van der Waals surface area contributed by atoms with Gasteiger partial charge in [0.05, 0.1) is 18.7 Å². The third kappa shape index (κ3) is 4.48. The number of hydrogen-bond acceptors (Lipinski definition) is 4. The third-order valence-electron chi connectivity index (χ3n) is 3.44. The van der Waals surface area contributed by atoms with Crippen LogP contribution in [-0.2, 0) is 9.53 Å². The zero-order valence-electron chi connectivity index (χ0n) is 12.4. The molecule has 2 rings (SSSR count). The standard InChI is InChI=1S/C16H22N2O3/c1-2-10-21-16(20)13-6-5-7-14(11-13)17-12-15(19)18-8-3-4-9-18/h5-7,11,17H,2-4,8-10,12H2,1H3. The van der Waals surface area contributed by atoms with Gasteiger partial charge >= 0.3 is 5.97 Å². The first-order chi connectivity index (χ1) is 10.2. The molecule has 1 heterocycles. The minimum atomic E-state index is -0.327. The number of likely N-dealkylation sites (tertiary alicyclic amines) is 1. The number of nitrogens with zero attached hydrogens (tertiary/aromatic N) is 1. The largest absolute Gasteiger partial charge is 0.462 e. The summed E-state index contributed by atoms with van der Waals surface area (Å²) in [6.07, 6.45) is 2.98. The van der Waals surface area contributed by atoms with Crippen LogP contribution in [0.5, 0.6) is 0 Å². The Morgan fingerprint density at radius 1 is 1.29 bits per heavy atom. The number of rotatable bonds is 6. The van der Waals surface area contributed by atoms with E-state index in [-0.39, 0.29) is 18.4 Å². The Kier molecular flexibility index (Phi) is 5.60. The van der Waals surface area contributed by atoms with Crippen LogP contribution in [0.1, 0.15) is 36.5 Å². The summed E-state index contributed by atoms with van der Waals surface area (Å²) in [6, 6.07) is 7.06. The van der Waals surface area contributed by atoms with Crippen molar-refractivity contribution in [1.82, 2.24) is 4.90 Å². The molecule has 5 heteroatoms. The molecular weight excluding hydrogens is 268 g/mol. The second kappa shape index (κ2) is 7.67. The van der Waals surface area contributed by atoms with Crippen molar-refractivity contribution >= 4 is 17.6 Å². The van der Waals surface area contributed by atoms with E-state index in [1.165, 1.54) is 0 Å². The van der Waals surface area contributed by atoms with Crippen LogP contribution in [0, 0.1) is 0 Å². The van der Waals surface area contributed by atoms with Gasteiger partial charge in [0.1, 0.15) is 0 Å². The van der Waals surface area contributed by atoms with E-state index in [4.69, 9.17) is 4.74 Å². The number of benzene rings is 1. The molecule has 5 nitrogen and oxygen atoms in total. The van der Waals surface area contributed by atoms with Gasteiger partial charge < -0.3 is 15.0 Å². The summed E-state index contributed by atoms with van der Waals surface area (Å²) in [5.41, 5.74) is 1.26. The lowest BCUT2D eigenvalue weighted by Gasteiger charge is -2.16. The summed E-state index contributed by atoms with van der Waals surface area (Å²) in [6.45, 7) is 4.33. The van der Waals surface area contributed by atoms with Crippen molar-refractivity contribution in [3.63, 3.8) is 0 Å². The second-order valence-electron chi connectivity index (χ2n) is 5.16. The number of amides is 1. The zero-order valence-corrected chi connectivity index (χ0v) is 12.4. The molecule has 114 valence electrons. The van der Waals surface area contributed by atoms with Gasteiger partial charge in [0.2, 0.25) is 5.91 Å². The van der Waals surface area contributed by atoms with Gasteiger partial charge in [0, 0.05) is 18.8 Å². The number of esters is 1. The summed E-state index contributed by atoms with van der Waals surface area (Å²) in [5, 5.41) is 3.07. The number of hydrogen-bond donors (Lipinski definition) is 1. The molecule has 0 bridgehead atoms. The average molecular weight is 290 g/mol. The maximum Gasteiger partial charge on any atom is 0.338 e. The molecule has 0 radical (unpaired) electrons. The molecule has 0 aromatic heterocycles. The highest BCUT2D eigenvalue weighted by Crippen LogP contribution is 2.13. The Hall–Kier alpha value is -2.04. The van der Waals surface area contributed by atoms with Crippen molar-refractivity contribution in [3.8, 4) is 0 Å². The van der Waals surface area contributed by atoms with Gasteiger partial charge in [-0.2, -0.15) is 0 Å². The van der Waals surface area contributed by atoms with E-state index in [1.54, 1.807) is 18.2 Å². The molecule has 1 amide bonds. The zero-order chi connectivity index (χ0) is 15.1. The highest BCUT2D eigenvalue weighted by Gasteiger charge is 2.17. The molecule has 21 heavy (non-hydrogen) atoms. The molecule has 1 aromatic carbocycles. The molecule has 1 aliphatic rings. The van der Waals surface area contributed by atoms with Crippen LogP contribution in [0.25, 0.3) is 0 Å². The van der Waals surface area contributed by atoms with Gasteiger partial charge in [0.25, 0.3) is 0 Å². The van der Waals surface area contributed by atoms with Crippen LogP contribution in [0.2, 0.25) is 0 Å². The van der Waals surface area contributed by atoms with E-state index >= 15 is 0 Å². The number of ether oxygens (including phenoxy) is 1. The minimum Gasteiger partial charge on any atom is -0.462 e. The van der Waals surface area contributed by atoms with E-state index in [0.717, 1.165) is 38.0 Å². The Bertz CT molecular complexity index is 496. The Balaban J connectivity index is 1.88. The van der Waals surface area contributed by atoms with Gasteiger partial charge in [-0.1, -0.05) is 13.0 Å². The monoisotopic (exact) mass is 290 g/mol. The molecule has 1 aliphatic heterocycles. The van der Waals surface area contributed by atoms with Crippen LogP contribution >= 0.6 is 0 Å². The first-order valence-corrected chi connectivity index (χ1v) is 7.49. The smallest absolute Gasteiger partial charge is 0.338 e. The highest BCUT2D eigenvalue weighted by molar-refractivity contribution is 5.90. The van der Waals surface area contributed by atoms with Crippen LogP contribution in [-0.4, -0.2) is 43.0 Å². The lowest BCUT2D eigenvalue weighted by atomic mass is 10.2. The summed E-state index contributed by atoms with van der Waals surface area (Å²) in [4.78, 5) is 25.6. The summed E-state index contributed by atoms with van der Waals surface area (Å²) < 4.78 is 5.10. The number of nitrogens with one attached hydrogen (secondary N) is 1. The SMILES string of the molecule is CCCOC(=O)c1cccc(NCC(=O)N2CCCC2)c1. The summed E-state index contributed by atoms with van der Waals surface area (Å²) >= 11 is 0. The predicted molar refractivity (Wildman–Crippen MR) is 81.3 cm³/mol. The van der Waals surface area contributed by atoms with E-state index in [1.807, 2.05) is 17.9 Å². The van der Waals surface area contributed by atoms with Crippen molar-refractivity contribution in [2.24, 2.45) is 0 Å². The van der Waals surface area contributed by atoms with Crippen LogP contribution < -0.4 is 5.32 Å². The first-order valence-electron chi connectivity index (χ1n) is 7.49. The van der Waals surface area contributed by atoms with Crippen LogP contribution in [0.15, 0.2) is 24.3 Å². The van der Waals surface area contributed by atoms with Crippen molar-refractivity contribution < 1.29 is 14.3 Å². The summed E-state index contributed by atoms with van der Waals surface area (Å²) in [7, 11) is 0. The van der Waals surface area contributed by atoms with E-state index < -0.39 is 0 Å². The molecule has 0 atom stereocenters. The number of anilines is 1. The van der Waals surface area contributed by atoms with Crippen molar-refractivity contribution in [2.75, 3.05) is 31.6 Å². The molecule has 0 aliphatic carbocycles. The highest BCUT2D eigenvalue weighted by atomic mass is 16.5. The molecular formula is C16H22N2O3. The fraction of sp³-hybridized carbons (Fsp3) is 0.500. The first kappa shape index (κ1) is 15.4. The molecule has 1 saturated heterocycles. The van der Waals surface area contributed by atoms with E-state index in [0.29, 0.717) is 12.2 Å². The number of carbonyl (C=O) groups is 2. The minimum absolute atomic E-state index is 0.103. The van der Waals surface area contributed by atoms with Gasteiger partial charge in [-0.15, -0.1) is 0 Å². The average Bonchev–Trinajstić information content (AvgIpc) is 3.05. The Labute approximate surface area is 125 Å². The van der Waals surface area contributed by atoms with Crippen molar-refractivity contribution in [2.45, 2.75) is 26.2 Å². The second-order valence-corrected chi connectivity index (χ2v) is 5.16. The normalized spacial score (nSPS) is 14.0. The maximum atomic E-state index is 12.0. The lowest BCUT2D eigenvalue weighted by Crippen LogP contribution is -2.32. The van der Waals surface area contributed by atoms with Gasteiger partial charge in [-0.3, -0.25) is 4.79 Å². The Morgan fingerprint density at radius 2 is 2.05 bits per heavy atom. The molecule has 0 unspecified atom stereocenters. The topological polar surface area (TPSA) is 58.6 Å². The van der Waals surface area contributed by atoms with Gasteiger partial charge in [-0.05, 0) is 37.5 Å². The predicted octanol–water partition coefficient (Wildman–Crippen LogP) is 2.29. The van der Waals surface area contributed by atoms with E-state index in [2.05, 4.69) is 5.32 Å². The lowest BCUT2D eigenvalue weighted by molar-refractivity contribution is -0.128. The van der Waals surface area contributed by atoms with Crippen molar-refractivity contribution in [1.29, 1.82) is 0 Å². The molecule has 1 N–H and O–H groups in total. The van der Waals surface area contributed by atoms with Gasteiger partial charge in [-0.25, -0.2) is 4.79 Å². The molecule has 0 spiro atoms. The number of carbonyl (C=O) groups excluding carboxylic acids is 2. The maximum absolute atomic E-state index is 12.0. The van der Waals surface area contributed by atoms with Crippen LogP contribution in [0.4, 0.5) is 5.69 Å². The summed E-state index contributed by atoms with van der Waals surface area (Å²) in [5.74, 6) is -0.224. The fourth-order valence-corrected chi connectivity index (χ4v) is 2.29. The Morgan fingerprint density at radius 3 is 2.76 bits per heavy atom. The molecule has 1 aromatic rings. The third-order valence-corrected chi connectivity index (χ3v) is 3.44. The van der Waals surface area contributed by atoms with Crippen molar-refractivity contribution in [3.05, 3.63) is 29.8 Å². The molecule has 1 fully saturated rings. The van der Waals surface area contributed by atoms with Crippen LogP contribution in [0.3, 0.4) is 0 Å². The quantitative estimate of drug-likeness (QED) is 0.817. The molecule has 0 saturated carbocycles. The van der Waals surface area contributed by atoms with E-state index in [9.17, 15) is 9.59 Å².